The largest absolute Gasteiger partial charge is 0.284 e. The zero-order chi connectivity index (χ0) is 14.0. The molecular weight excluding hydrogens is 284 g/mol. The number of pyridine rings is 1. The predicted octanol–water partition coefficient (Wildman–Crippen LogP) is 3.08. The molecule has 1 aromatic heterocycles. The van der Waals surface area contributed by atoms with Gasteiger partial charge in [-0.1, -0.05) is 17.7 Å². The van der Waals surface area contributed by atoms with Gasteiger partial charge < -0.3 is 0 Å². The Bertz CT molecular complexity index is 714. The van der Waals surface area contributed by atoms with Crippen LogP contribution >= 0.6 is 11.6 Å². The average Bonchev–Trinajstić information content (AvgIpc) is 2.28. The molecule has 1 heterocycles. The maximum absolute atomic E-state index is 11.2. The number of nitrogens with one attached hydrogen (secondary N) is 1. The fraction of sp³-hybridized carbons (Fsp3) is 0.154. The summed E-state index contributed by atoms with van der Waals surface area (Å²) in [6.07, 6.45) is 4.55. The first-order chi connectivity index (χ1) is 8.87. The minimum absolute atomic E-state index is 0.442. The molecule has 4 nitrogen and oxygen atoms in total. The first-order valence-electron chi connectivity index (χ1n) is 5.55. The first-order valence-corrected chi connectivity index (χ1v) is 7.82. The van der Waals surface area contributed by atoms with E-state index in [0.717, 1.165) is 22.9 Å². The van der Waals surface area contributed by atoms with Gasteiger partial charge in [-0.25, -0.2) is 8.42 Å². The van der Waals surface area contributed by atoms with Gasteiger partial charge in [-0.3, -0.25) is 9.71 Å². The lowest BCUT2D eigenvalue weighted by atomic mass is 10.0. The van der Waals surface area contributed by atoms with Gasteiger partial charge in [0.25, 0.3) is 0 Å². The SMILES string of the molecule is Cc1ccncc1-c1ccc(NS(C)(=O)=O)cc1Cl. The molecule has 2 rings (SSSR count). The van der Waals surface area contributed by atoms with E-state index < -0.39 is 10.0 Å². The van der Waals surface area contributed by atoms with Crippen molar-refractivity contribution in [2.75, 3.05) is 11.0 Å². The predicted molar refractivity (Wildman–Crippen MR) is 77.9 cm³/mol. The molecule has 6 heteroatoms. The van der Waals surface area contributed by atoms with E-state index in [4.69, 9.17) is 11.6 Å². The lowest BCUT2D eigenvalue weighted by Gasteiger charge is -2.10. The fourth-order valence-corrected chi connectivity index (χ4v) is 2.59. The molecule has 0 aliphatic heterocycles. The maximum atomic E-state index is 11.2. The number of sulfonamides is 1. The Morgan fingerprint density at radius 2 is 1.95 bits per heavy atom. The zero-order valence-electron chi connectivity index (χ0n) is 10.5. The van der Waals surface area contributed by atoms with Crippen LogP contribution in [0.1, 0.15) is 5.56 Å². The van der Waals surface area contributed by atoms with E-state index in [-0.39, 0.29) is 0 Å². The van der Waals surface area contributed by atoms with E-state index in [2.05, 4.69) is 9.71 Å². The number of hydrogen-bond acceptors (Lipinski definition) is 3. The Balaban J connectivity index is 2.43. The second kappa shape index (κ2) is 5.19. The van der Waals surface area contributed by atoms with Gasteiger partial charge in [0.15, 0.2) is 0 Å². The highest BCUT2D eigenvalue weighted by Gasteiger charge is 2.09. The van der Waals surface area contributed by atoms with Crippen LogP contribution in [0.4, 0.5) is 5.69 Å². The van der Waals surface area contributed by atoms with Crippen molar-refractivity contribution in [3.63, 3.8) is 0 Å². The zero-order valence-corrected chi connectivity index (χ0v) is 12.1. The molecule has 1 aromatic carbocycles. The second-order valence-electron chi connectivity index (χ2n) is 4.26. The van der Waals surface area contributed by atoms with Crippen LogP contribution < -0.4 is 4.72 Å². The van der Waals surface area contributed by atoms with Crippen LogP contribution in [0, 0.1) is 6.92 Å². The maximum Gasteiger partial charge on any atom is 0.229 e. The summed E-state index contributed by atoms with van der Waals surface area (Å²) in [4.78, 5) is 4.07. The first kappa shape index (κ1) is 13.8. The number of anilines is 1. The van der Waals surface area contributed by atoms with Crippen molar-refractivity contribution in [3.05, 3.63) is 47.2 Å². The number of rotatable bonds is 3. The number of nitrogens with zero attached hydrogens (tertiary/aromatic N) is 1. The van der Waals surface area contributed by atoms with Crippen molar-refractivity contribution in [1.29, 1.82) is 0 Å². The molecule has 100 valence electrons. The highest BCUT2D eigenvalue weighted by atomic mass is 35.5. The molecule has 0 atom stereocenters. The van der Waals surface area contributed by atoms with Crippen molar-refractivity contribution >= 4 is 27.3 Å². The van der Waals surface area contributed by atoms with Gasteiger partial charge in [-0.15, -0.1) is 0 Å². The Hall–Kier alpha value is -1.59. The smallest absolute Gasteiger partial charge is 0.229 e. The van der Waals surface area contributed by atoms with Crippen molar-refractivity contribution in [1.82, 2.24) is 4.98 Å². The number of aromatic nitrogens is 1. The molecule has 0 spiro atoms. The molecule has 0 aliphatic carbocycles. The number of hydrogen-bond donors (Lipinski definition) is 1. The Kier molecular flexibility index (Phi) is 3.78. The van der Waals surface area contributed by atoms with Gasteiger partial charge in [0, 0.05) is 29.2 Å². The number of aryl methyl sites for hydroxylation is 1. The van der Waals surface area contributed by atoms with Crippen LogP contribution in [0.15, 0.2) is 36.7 Å². The van der Waals surface area contributed by atoms with Gasteiger partial charge in [0.2, 0.25) is 10.0 Å². The normalized spacial score (nSPS) is 11.3. The lowest BCUT2D eigenvalue weighted by molar-refractivity contribution is 0.607. The van der Waals surface area contributed by atoms with E-state index in [0.29, 0.717) is 10.7 Å². The van der Waals surface area contributed by atoms with Crippen molar-refractivity contribution in [3.8, 4) is 11.1 Å². The van der Waals surface area contributed by atoms with E-state index in [9.17, 15) is 8.42 Å². The van der Waals surface area contributed by atoms with Crippen LogP contribution in [0.2, 0.25) is 5.02 Å². The summed E-state index contributed by atoms with van der Waals surface area (Å²) in [6.45, 7) is 1.97. The number of halogens is 1. The Morgan fingerprint density at radius 3 is 2.53 bits per heavy atom. The summed E-state index contributed by atoms with van der Waals surface area (Å²) in [5.74, 6) is 0. The van der Waals surface area contributed by atoms with E-state index in [1.807, 2.05) is 13.0 Å². The molecule has 0 bridgehead atoms. The Morgan fingerprint density at radius 1 is 1.21 bits per heavy atom. The van der Waals surface area contributed by atoms with Gasteiger partial charge in [-0.05, 0) is 30.7 Å². The topological polar surface area (TPSA) is 59.1 Å². The van der Waals surface area contributed by atoms with Crippen LogP contribution in [0.25, 0.3) is 11.1 Å². The summed E-state index contributed by atoms with van der Waals surface area (Å²) < 4.78 is 24.7. The monoisotopic (exact) mass is 296 g/mol. The Labute approximate surface area is 117 Å². The van der Waals surface area contributed by atoms with Gasteiger partial charge >= 0.3 is 0 Å². The van der Waals surface area contributed by atoms with Crippen LogP contribution in [0.3, 0.4) is 0 Å². The van der Waals surface area contributed by atoms with E-state index in [1.165, 1.54) is 0 Å². The third-order valence-electron chi connectivity index (χ3n) is 2.60. The van der Waals surface area contributed by atoms with Gasteiger partial charge in [0.05, 0.1) is 11.3 Å². The third kappa shape index (κ3) is 3.45. The summed E-state index contributed by atoms with van der Waals surface area (Å²) in [5, 5.41) is 0.477. The van der Waals surface area contributed by atoms with Crippen LogP contribution in [-0.4, -0.2) is 19.7 Å². The molecule has 0 saturated heterocycles. The molecule has 1 N–H and O–H groups in total. The molecule has 2 aromatic rings. The molecule has 19 heavy (non-hydrogen) atoms. The summed E-state index contributed by atoms with van der Waals surface area (Å²) in [7, 11) is -3.30. The van der Waals surface area contributed by atoms with Gasteiger partial charge in [0.1, 0.15) is 0 Å². The molecule has 0 unspecified atom stereocenters. The standard InChI is InChI=1S/C13H13ClN2O2S/c1-9-5-6-15-8-12(9)11-4-3-10(7-13(11)14)16-19(2,17)18/h3-8,16H,1-2H3. The molecule has 0 saturated carbocycles. The molecule has 0 fully saturated rings. The number of benzene rings is 1. The second-order valence-corrected chi connectivity index (χ2v) is 6.42. The molecule has 0 amide bonds. The minimum Gasteiger partial charge on any atom is -0.284 e. The quantitative estimate of drug-likeness (QED) is 0.947. The summed E-state index contributed by atoms with van der Waals surface area (Å²) in [5.41, 5.74) is 3.25. The van der Waals surface area contributed by atoms with Crippen LogP contribution in [-0.2, 0) is 10.0 Å². The van der Waals surface area contributed by atoms with E-state index >= 15 is 0 Å². The summed E-state index contributed by atoms with van der Waals surface area (Å²) >= 11 is 6.20. The average molecular weight is 297 g/mol. The van der Waals surface area contributed by atoms with Crippen molar-refractivity contribution in [2.24, 2.45) is 0 Å². The summed E-state index contributed by atoms with van der Waals surface area (Å²) in [6, 6.07) is 6.94. The van der Waals surface area contributed by atoms with Crippen molar-refractivity contribution in [2.45, 2.75) is 6.92 Å². The van der Waals surface area contributed by atoms with Gasteiger partial charge in [-0.2, -0.15) is 0 Å². The minimum atomic E-state index is -3.30. The molecule has 0 radical (unpaired) electrons. The molecule has 0 aliphatic rings. The highest BCUT2D eigenvalue weighted by molar-refractivity contribution is 7.92. The van der Waals surface area contributed by atoms with E-state index in [1.54, 1.807) is 30.6 Å². The fourth-order valence-electron chi connectivity index (χ4n) is 1.76. The highest BCUT2D eigenvalue weighted by Crippen LogP contribution is 2.31. The third-order valence-corrected chi connectivity index (χ3v) is 3.52. The molecular formula is C13H13ClN2O2S. The van der Waals surface area contributed by atoms with Crippen LogP contribution in [0.5, 0.6) is 0 Å². The van der Waals surface area contributed by atoms with Crippen molar-refractivity contribution < 1.29 is 8.42 Å². The lowest BCUT2D eigenvalue weighted by Crippen LogP contribution is -2.09.